The van der Waals surface area contributed by atoms with E-state index in [1.807, 2.05) is 0 Å². The van der Waals surface area contributed by atoms with Crippen molar-refractivity contribution in [3.63, 3.8) is 0 Å². The molecule has 1 aromatic heterocycles. The number of aliphatic hydroxyl groups is 1. The van der Waals surface area contributed by atoms with Crippen molar-refractivity contribution in [2.24, 2.45) is 0 Å². The van der Waals surface area contributed by atoms with Gasteiger partial charge in [-0.25, -0.2) is 9.97 Å². The molecule has 1 aliphatic carbocycles. The Kier molecular flexibility index (Phi) is 5.13. The molecule has 1 unspecified atom stereocenters. The predicted octanol–water partition coefficient (Wildman–Crippen LogP) is 1.38. The van der Waals surface area contributed by atoms with E-state index < -0.39 is 0 Å². The van der Waals surface area contributed by atoms with Crippen molar-refractivity contribution in [3.05, 3.63) is 23.8 Å². The number of aromatic nitrogens is 2. The van der Waals surface area contributed by atoms with Crippen LogP contribution >= 0.6 is 0 Å². The van der Waals surface area contributed by atoms with Crippen molar-refractivity contribution < 1.29 is 19.3 Å². The summed E-state index contributed by atoms with van der Waals surface area (Å²) in [6, 6.07) is 1.75. The second-order valence-corrected chi connectivity index (χ2v) is 5.65. The summed E-state index contributed by atoms with van der Waals surface area (Å²) < 4.78 is 16.4. The molecule has 6 nitrogen and oxygen atoms in total. The maximum Gasteiger partial charge on any atom is 0.147 e. The fourth-order valence-electron chi connectivity index (χ4n) is 2.90. The Morgan fingerprint density at radius 2 is 2.14 bits per heavy atom. The average Bonchev–Trinajstić information content (AvgIpc) is 3.07. The first kappa shape index (κ1) is 14.8. The first-order chi connectivity index (χ1) is 10.3. The molecule has 0 bridgehead atoms. The van der Waals surface area contributed by atoms with Crippen molar-refractivity contribution in [3.8, 4) is 0 Å². The Morgan fingerprint density at radius 1 is 1.29 bits per heavy atom. The van der Waals surface area contributed by atoms with Gasteiger partial charge in [0.05, 0.1) is 31.6 Å². The van der Waals surface area contributed by atoms with Crippen LogP contribution in [0.4, 0.5) is 0 Å². The van der Waals surface area contributed by atoms with E-state index in [1.54, 1.807) is 12.3 Å². The summed E-state index contributed by atoms with van der Waals surface area (Å²) in [7, 11) is 0. The molecule has 1 aromatic rings. The quantitative estimate of drug-likeness (QED) is 0.884. The largest absolute Gasteiger partial charge is 0.390 e. The number of hydrogen-bond donors (Lipinski definition) is 1. The van der Waals surface area contributed by atoms with E-state index in [-0.39, 0.29) is 12.7 Å². The Morgan fingerprint density at radius 3 is 2.86 bits per heavy atom. The lowest BCUT2D eigenvalue weighted by Gasteiger charge is -2.28. The van der Waals surface area contributed by atoms with E-state index in [0.29, 0.717) is 37.7 Å². The number of aliphatic hydroxyl groups excluding tert-OH is 1. The molecule has 1 atom stereocenters. The van der Waals surface area contributed by atoms with Crippen LogP contribution in [0.5, 0.6) is 0 Å². The summed E-state index contributed by atoms with van der Waals surface area (Å²) in [6.45, 7) is 1.61. The SMILES string of the molecule is OCc1ccnc([C@H]2CC[C@H](OCC3COCO3)CC2)n1. The molecule has 2 fully saturated rings. The van der Waals surface area contributed by atoms with Gasteiger partial charge >= 0.3 is 0 Å². The number of hydrogen-bond acceptors (Lipinski definition) is 6. The predicted molar refractivity (Wildman–Crippen MR) is 74.6 cm³/mol. The molecule has 1 N–H and O–H groups in total. The molecular formula is C15H22N2O4. The summed E-state index contributed by atoms with van der Waals surface area (Å²) in [6.07, 6.45) is 6.21. The summed E-state index contributed by atoms with van der Waals surface area (Å²) in [5, 5.41) is 9.14. The summed E-state index contributed by atoms with van der Waals surface area (Å²) in [5.74, 6) is 1.23. The van der Waals surface area contributed by atoms with Crippen LogP contribution in [0, 0.1) is 0 Å². The van der Waals surface area contributed by atoms with Crippen LogP contribution in [0.15, 0.2) is 12.3 Å². The topological polar surface area (TPSA) is 73.7 Å². The van der Waals surface area contributed by atoms with Crippen LogP contribution in [0.1, 0.15) is 43.1 Å². The maximum absolute atomic E-state index is 9.14. The third-order valence-electron chi connectivity index (χ3n) is 4.14. The van der Waals surface area contributed by atoms with Crippen LogP contribution in [-0.4, -0.2) is 47.3 Å². The van der Waals surface area contributed by atoms with Crippen molar-refractivity contribution >= 4 is 0 Å². The molecule has 2 aliphatic rings. The molecule has 0 spiro atoms. The zero-order chi connectivity index (χ0) is 14.5. The highest BCUT2D eigenvalue weighted by atomic mass is 16.7. The molecule has 1 saturated carbocycles. The molecule has 21 heavy (non-hydrogen) atoms. The van der Waals surface area contributed by atoms with Gasteiger partial charge in [0.15, 0.2) is 0 Å². The van der Waals surface area contributed by atoms with Gasteiger partial charge in [0.2, 0.25) is 0 Å². The number of rotatable bonds is 5. The van der Waals surface area contributed by atoms with Crippen LogP contribution in [0.3, 0.4) is 0 Å². The zero-order valence-corrected chi connectivity index (χ0v) is 12.1. The van der Waals surface area contributed by atoms with Gasteiger partial charge in [0.1, 0.15) is 18.7 Å². The van der Waals surface area contributed by atoms with Crippen molar-refractivity contribution in [1.29, 1.82) is 0 Å². The molecule has 6 heteroatoms. The van der Waals surface area contributed by atoms with E-state index in [4.69, 9.17) is 19.3 Å². The highest BCUT2D eigenvalue weighted by Gasteiger charge is 2.26. The minimum atomic E-state index is -0.0303. The lowest BCUT2D eigenvalue weighted by Crippen LogP contribution is -2.27. The lowest BCUT2D eigenvalue weighted by molar-refractivity contribution is -0.0358. The second-order valence-electron chi connectivity index (χ2n) is 5.65. The van der Waals surface area contributed by atoms with Crippen LogP contribution in [0.2, 0.25) is 0 Å². The molecule has 3 rings (SSSR count). The highest BCUT2D eigenvalue weighted by Crippen LogP contribution is 2.32. The van der Waals surface area contributed by atoms with Crippen molar-refractivity contribution in [2.45, 2.75) is 50.4 Å². The molecule has 0 radical (unpaired) electrons. The van der Waals surface area contributed by atoms with Crippen molar-refractivity contribution in [1.82, 2.24) is 9.97 Å². The smallest absolute Gasteiger partial charge is 0.147 e. The minimum absolute atomic E-state index is 0.0303. The summed E-state index contributed by atoms with van der Waals surface area (Å²) in [5.41, 5.74) is 0.691. The fraction of sp³-hybridized carbons (Fsp3) is 0.733. The molecule has 0 aromatic carbocycles. The fourth-order valence-corrected chi connectivity index (χ4v) is 2.90. The van der Waals surface area contributed by atoms with Gasteiger partial charge in [-0.1, -0.05) is 0 Å². The van der Waals surface area contributed by atoms with Gasteiger partial charge in [0.25, 0.3) is 0 Å². The molecule has 1 saturated heterocycles. The molecule has 1 aliphatic heterocycles. The Balaban J connectivity index is 1.45. The maximum atomic E-state index is 9.14. The zero-order valence-electron chi connectivity index (χ0n) is 12.1. The van der Waals surface area contributed by atoms with Crippen LogP contribution in [-0.2, 0) is 20.8 Å². The Labute approximate surface area is 124 Å². The first-order valence-electron chi connectivity index (χ1n) is 7.59. The lowest BCUT2D eigenvalue weighted by atomic mass is 9.86. The Bertz CT molecular complexity index is 443. The highest BCUT2D eigenvalue weighted by molar-refractivity contribution is 5.05. The standard InChI is InChI=1S/C15H22N2O4/c18-7-12-5-6-16-15(17-12)11-1-3-13(4-2-11)20-9-14-8-19-10-21-14/h5-6,11,13-14,18H,1-4,7-10H2/t11-,13-,14?. The molecule has 2 heterocycles. The van der Waals surface area contributed by atoms with Gasteiger partial charge in [-0.2, -0.15) is 0 Å². The average molecular weight is 294 g/mol. The van der Waals surface area contributed by atoms with Gasteiger partial charge < -0.3 is 19.3 Å². The number of ether oxygens (including phenoxy) is 3. The normalized spacial score (nSPS) is 29.7. The first-order valence-corrected chi connectivity index (χ1v) is 7.59. The monoisotopic (exact) mass is 294 g/mol. The van der Waals surface area contributed by atoms with Gasteiger partial charge in [0, 0.05) is 12.1 Å². The third-order valence-corrected chi connectivity index (χ3v) is 4.14. The summed E-state index contributed by atoms with van der Waals surface area (Å²) >= 11 is 0. The Hall–Kier alpha value is -1.08. The third kappa shape index (κ3) is 3.97. The minimum Gasteiger partial charge on any atom is -0.390 e. The van der Waals surface area contributed by atoms with E-state index >= 15 is 0 Å². The number of nitrogens with zero attached hydrogens (tertiary/aromatic N) is 2. The summed E-state index contributed by atoms with van der Waals surface area (Å²) in [4.78, 5) is 8.76. The second kappa shape index (κ2) is 7.26. The van der Waals surface area contributed by atoms with E-state index in [9.17, 15) is 0 Å². The molecule has 116 valence electrons. The van der Waals surface area contributed by atoms with E-state index in [1.165, 1.54) is 0 Å². The van der Waals surface area contributed by atoms with Gasteiger partial charge in [-0.05, 0) is 31.7 Å². The van der Waals surface area contributed by atoms with Crippen LogP contribution in [0.25, 0.3) is 0 Å². The van der Waals surface area contributed by atoms with Gasteiger partial charge in [-0.15, -0.1) is 0 Å². The van der Waals surface area contributed by atoms with Gasteiger partial charge in [-0.3, -0.25) is 0 Å². The molecule has 0 amide bonds. The molecular weight excluding hydrogens is 272 g/mol. The van der Waals surface area contributed by atoms with E-state index in [0.717, 1.165) is 31.5 Å². The van der Waals surface area contributed by atoms with E-state index in [2.05, 4.69) is 9.97 Å². The van der Waals surface area contributed by atoms with Crippen molar-refractivity contribution in [2.75, 3.05) is 20.0 Å². The van der Waals surface area contributed by atoms with Crippen LogP contribution < -0.4 is 0 Å².